The molecule has 0 aliphatic carbocycles. The summed E-state index contributed by atoms with van der Waals surface area (Å²) in [6, 6.07) is 7.96. The van der Waals surface area contributed by atoms with E-state index in [9.17, 15) is 4.79 Å². The Bertz CT molecular complexity index is 1200. The van der Waals surface area contributed by atoms with Gasteiger partial charge in [0.15, 0.2) is 0 Å². The summed E-state index contributed by atoms with van der Waals surface area (Å²) in [5, 5.41) is 3.34. The minimum absolute atomic E-state index is 0.152. The van der Waals surface area contributed by atoms with Crippen molar-refractivity contribution < 1.29 is 14.2 Å². The molecule has 1 fully saturated rings. The number of benzene rings is 1. The molecular weight excluding hydrogens is 444 g/mol. The predicted octanol–water partition coefficient (Wildman–Crippen LogP) is 2.24. The van der Waals surface area contributed by atoms with Crippen LogP contribution in [0.25, 0.3) is 11.3 Å². The molecule has 0 spiro atoms. The van der Waals surface area contributed by atoms with Crippen molar-refractivity contribution in [1.29, 1.82) is 0 Å². The number of ether oxygens (including phenoxy) is 3. The van der Waals surface area contributed by atoms with Crippen LogP contribution in [-0.2, 0) is 22.4 Å². The number of aryl methyl sites for hydroxylation is 1. The Balaban J connectivity index is 1.43. The summed E-state index contributed by atoms with van der Waals surface area (Å²) in [5.74, 6) is 6.74. The SMILES string of the molecule is CC/C=C(\C=NC)CNCC#Cc1ccc2c(c1)CCn1c-2cc(OCC2COCCO2)nc1=O. The Morgan fingerprint density at radius 3 is 3.09 bits per heavy atom. The zero-order valence-corrected chi connectivity index (χ0v) is 20.4. The highest BCUT2D eigenvalue weighted by Crippen LogP contribution is 2.30. The normalized spacial score (nSPS) is 17.4. The molecule has 1 saturated heterocycles. The number of allylic oxidation sites excluding steroid dienone is 1. The Morgan fingerprint density at radius 2 is 2.29 bits per heavy atom. The second kappa shape index (κ2) is 12.5. The zero-order valence-electron chi connectivity index (χ0n) is 20.4. The zero-order chi connectivity index (χ0) is 24.5. The summed E-state index contributed by atoms with van der Waals surface area (Å²) in [6.07, 6.45) is 5.62. The molecule has 184 valence electrons. The molecule has 0 amide bonds. The molecule has 8 nitrogen and oxygen atoms in total. The third kappa shape index (κ3) is 6.67. The summed E-state index contributed by atoms with van der Waals surface area (Å²) < 4.78 is 18.5. The van der Waals surface area contributed by atoms with Gasteiger partial charge in [0.25, 0.3) is 0 Å². The minimum atomic E-state index is -0.302. The van der Waals surface area contributed by atoms with E-state index in [-0.39, 0.29) is 11.8 Å². The van der Waals surface area contributed by atoms with Crippen LogP contribution >= 0.6 is 0 Å². The summed E-state index contributed by atoms with van der Waals surface area (Å²) in [5.41, 5.74) is 4.81. The van der Waals surface area contributed by atoms with Gasteiger partial charge in [0.2, 0.25) is 5.88 Å². The number of aliphatic imine (C=N–C) groups is 1. The maximum atomic E-state index is 12.6. The first kappa shape index (κ1) is 24.9. The molecule has 3 heterocycles. The second-order valence-corrected chi connectivity index (χ2v) is 8.39. The predicted molar refractivity (Wildman–Crippen MR) is 136 cm³/mol. The van der Waals surface area contributed by atoms with E-state index in [4.69, 9.17) is 14.2 Å². The van der Waals surface area contributed by atoms with Crippen molar-refractivity contribution >= 4 is 6.21 Å². The monoisotopic (exact) mass is 476 g/mol. The molecule has 1 aromatic heterocycles. The molecule has 2 aliphatic heterocycles. The first-order chi connectivity index (χ1) is 17.2. The molecule has 2 aromatic rings. The van der Waals surface area contributed by atoms with Crippen LogP contribution in [0.4, 0.5) is 0 Å². The number of rotatable bonds is 8. The Morgan fingerprint density at radius 1 is 1.37 bits per heavy atom. The molecule has 1 unspecified atom stereocenters. The largest absolute Gasteiger partial charge is 0.475 e. The average molecular weight is 477 g/mol. The molecule has 1 atom stereocenters. The van der Waals surface area contributed by atoms with Crippen molar-refractivity contribution in [3.8, 4) is 29.0 Å². The molecule has 1 aromatic carbocycles. The fraction of sp³-hybridized carbons (Fsp3) is 0.444. The van der Waals surface area contributed by atoms with Crippen LogP contribution in [0.5, 0.6) is 5.88 Å². The molecule has 8 heteroatoms. The van der Waals surface area contributed by atoms with E-state index < -0.39 is 0 Å². The van der Waals surface area contributed by atoms with Gasteiger partial charge in [-0.1, -0.05) is 30.9 Å². The van der Waals surface area contributed by atoms with Crippen LogP contribution in [0.3, 0.4) is 0 Å². The van der Waals surface area contributed by atoms with Crippen molar-refractivity contribution in [1.82, 2.24) is 14.9 Å². The smallest absolute Gasteiger partial charge is 0.351 e. The van der Waals surface area contributed by atoms with Crippen LogP contribution in [0.2, 0.25) is 0 Å². The van der Waals surface area contributed by atoms with E-state index in [1.165, 1.54) is 0 Å². The summed E-state index contributed by atoms with van der Waals surface area (Å²) in [6.45, 7) is 5.96. The van der Waals surface area contributed by atoms with E-state index in [1.807, 2.05) is 24.4 Å². The topological polar surface area (TPSA) is 87.0 Å². The Hall–Kier alpha value is -3.25. The fourth-order valence-corrected chi connectivity index (χ4v) is 4.18. The molecule has 0 bridgehead atoms. The third-order valence-electron chi connectivity index (χ3n) is 5.81. The van der Waals surface area contributed by atoms with Crippen LogP contribution in [0, 0.1) is 11.8 Å². The molecule has 4 rings (SSSR count). The van der Waals surface area contributed by atoms with Crippen molar-refractivity contribution in [2.24, 2.45) is 4.99 Å². The number of hydrogen-bond donors (Lipinski definition) is 1. The van der Waals surface area contributed by atoms with E-state index in [2.05, 4.69) is 46.2 Å². The van der Waals surface area contributed by atoms with Crippen LogP contribution in [0.15, 0.2) is 45.7 Å². The second-order valence-electron chi connectivity index (χ2n) is 8.39. The number of nitrogens with one attached hydrogen (secondary N) is 1. The highest BCUT2D eigenvalue weighted by molar-refractivity contribution is 5.78. The summed E-state index contributed by atoms with van der Waals surface area (Å²) in [7, 11) is 1.78. The van der Waals surface area contributed by atoms with Gasteiger partial charge in [0.1, 0.15) is 12.7 Å². The standard InChI is InChI=1S/C27H32N4O4/c1-3-5-21(16-28-2)17-29-10-4-6-20-7-8-24-22(14-20)9-11-31-25(24)15-26(30-27(31)32)35-19-23-18-33-12-13-34-23/h5,7-8,14-16,23,29H,3,9-13,17-19H2,1-2H3/b21-5+,28-16?. The van der Waals surface area contributed by atoms with Gasteiger partial charge in [-0.05, 0) is 36.1 Å². The number of aromatic nitrogens is 2. The number of nitrogens with zero attached hydrogens (tertiary/aromatic N) is 3. The van der Waals surface area contributed by atoms with Gasteiger partial charge in [-0.15, -0.1) is 0 Å². The minimum Gasteiger partial charge on any atom is -0.475 e. The third-order valence-corrected chi connectivity index (χ3v) is 5.81. The number of fused-ring (bicyclic) bond motifs is 3. The molecule has 0 saturated carbocycles. The van der Waals surface area contributed by atoms with Gasteiger partial charge in [0.05, 0.1) is 32.1 Å². The molecular formula is C27H32N4O4. The van der Waals surface area contributed by atoms with Crippen molar-refractivity contribution in [2.45, 2.75) is 32.4 Å². The first-order valence-corrected chi connectivity index (χ1v) is 12.1. The highest BCUT2D eigenvalue weighted by Gasteiger charge is 2.20. The average Bonchev–Trinajstić information content (AvgIpc) is 2.88. The quantitative estimate of drug-likeness (QED) is 0.357. The van der Waals surface area contributed by atoms with Crippen LogP contribution < -0.4 is 15.7 Å². The van der Waals surface area contributed by atoms with Gasteiger partial charge in [-0.3, -0.25) is 9.56 Å². The lowest BCUT2D eigenvalue weighted by atomic mass is 9.95. The van der Waals surface area contributed by atoms with Crippen molar-refractivity contribution in [2.75, 3.05) is 46.6 Å². The van der Waals surface area contributed by atoms with Crippen molar-refractivity contribution in [3.63, 3.8) is 0 Å². The van der Waals surface area contributed by atoms with Crippen molar-refractivity contribution in [3.05, 3.63) is 57.5 Å². The first-order valence-electron chi connectivity index (χ1n) is 12.1. The lowest BCUT2D eigenvalue weighted by molar-refractivity contribution is -0.102. The maximum absolute atomic E-state index is 12.6. The molecule has 2 aliphatic rings. The number of hydrogen-bond acceptors (Lipinski definition) is 7. The lowest BCUT2D eigenvalue weighted by Gasteiger charge is -2.24. The molecule has 35 heavy (non-hydrogen) atoms. The molecule has 1 N–H and O–H groups in total. The van der Waals surface area contributed by atoms with Gasteiger partial charge in [-0.2, -0.15) is 4.98 Å². The van der Waals surface area contributed by atoms with Gasteiger partial charge >= 0.3 is 5.69 Å². The van der Waals surface area contributed by atoms with Gasteiger partial charge in [-0.25, -0.2) is 4.79 Å². The molecule has 0 radical (unpaired) electrons. The van der Waals surface area contributed by atoms with Gasteiger partial charge < -0.3 is 19.5 Å². The van der Waals surface area contributed by atoms with Crippen LogP contribution in [0.1, 0.15) is 24.5 Å². The summed E-state index contributed by atoms with van der Waals surface area (Å²) in [4.78, 5) is 20.8. The van der Waals surface area contributed by atoms with Gasteiger partial charge in [0, 0.05) is 43.5 Å². The summed E-state index contributed by atoms with van der Waals surface area (Å²) >= 11 is 0. The van der Waals surface area contributed by atoms with Crippen LogP contribution in [-0.4, -0.2) is 68.4 Å². The Labute approximate surface area is 206 Å². The van der Waals surface area contributed by atoms with E-state index >= 15 is 0 Å². The van der Waals surface area contributed by atoms with E-state index in [1.54, 1.807) is 11.6 Å². The van der Waals surface area contributed by atoms with E-state index in [0.29, 0.717) is 45.4 Å². The van der Waals surface area contributed by atoms with E-state index in [0.717, 1.165) is 47.3 Å². The maximum Gasteiger partial charge on any atom is 0.351 e. The lowest BCUT2D eigenvalue weighted by Crippen LogP contribution is -2.34. The fourth-order valence-electron chi connectivity index (χ4n) is 4.18. The highest BCUT2D eigenvalue weighted by atomic mass is 16.6. The Kier molecular flexibility index (Phi) is 8.85.